The summed E-state index contributed by atoms with van der Waals surface area (Å²) >= 11 is 0. The second kappa shape index (κ2) is 14.5. The highest BCUT2D eigenvalue weighted by Gasteiger charge is 2.25. The van der Waals surface area contributed by atoms with Crippen molar-refractivity contribution in [3.05, 3.63) is 119 Å². The van der Waals surface area contributed by atoms with Crippen molar-refractivity contribution in [2.24, 2.45) is 4.99 Å². The van der Waals surface area contributed by atoms with Crippen molar-refractivity contribution in [2.45, 2.75) is 66.8 Å². The predicted molar refractivity (Wildman–Crippen MR) is 176 cm³/mol. The molecule has 0 bridgehead atoms. The molecule has 1 atom stereocenters. The van der Waals surface area contributed by atoms with E-state index in [1.54, 1.807) is 0 Å². The number of aryl methyl sites for hydroxylation is 3. The van der Waals surface area contributed by atoms with E-state index in [-0.39, 0.29) is 0 Å². The molecule has 1 heterocycles. The van der Waals surface area contributed by atoms with Crippen LogP contribution in [0.5, 0.6) is 0 Å². The number of ether oxygens (including phenoxy) is 1. The summed E-state index contributed by atoms with van der Waals surface area (Å²) in [4.78, 5) is 9.51. The summed E-state index contributed by atoms with van der Waals surface area (Å²) in [6, 6.07) is 24.7. The van der Waals surface area contributed by atoms with Crippen molar-refractivity contribution in [3.8, 4) is 0 Å². The number of nitrogens with zero attached hydrogens (tertiary/aromatic N) is 3. The van der Waals surface area contributed by atoms with E-state index >= 15 is 0 Å². The van der Waals surface area contributed by atoms with Crippen LogP contribution in [0.1, 0.15) is 62.3 Å². The summed E-state index contributed by atoms with van der Waals surface area (Å²) < 4.78 is 6.27. The van der Waals surface area contributed by atoms with Crippen LogP contribution >= 0.6 is 0 Å². The number of hydrogen-bond acceptors (Lipinski definition) is 3. The molecule has 5 rings (SSSR count). The maximum Gasteiger partial charge on any atom is 0.298 e. The Morgan fingerprint density at radius 2 is 1.54 bits per heavy atom. The molecular weight excluding hydrogens is 502 g/mol. The van der Waals surface area contributed by atoms with Crippen molar-refractivity contribution in [2.75, 3.05) is 18.0 Å². The molecule has 41 heavy (non-hydrogen) atoms. The summed E-state index contributed by atoms with van der Waals surface area (Å²) in [7, 11) is 0. The Morgan fingerprint density at radius 3 is 2.12 bits per heavy atom. The molecule has 1 aliphatic heterocycles. The molecule has 3 aromatic rings. The lowest BCUT2D eigenvalue weighted by Gasteiger charge is -2.32. The second-order valence-corrected chi connectivity index (χ2v) is 10.8. The minimum atomic E-state index is 0.292. The average molecular weight is 548 g/mol. The molecule has 0 N–H and O–H groups in total. The Bertz CT molecular complexity index is 1370. The fraction of sp³-hybridized carbons (Fsp3) is 0.324. The zero-order valence-corrected chi connectivity index (χ0v) is 25.6. The number of unbranched alkanes of at least 4 members (excludes halogenated alkanes) is 1. The average Bonchev–Trinajstić information content (AvgIpc) is 3.38. The lowest BCUT2D eigenvalue weighted by molar-refractivity contribution is 0.426. The van der Waals surface area contributed by atoms with E-state index in [0.29, 0.717) is 12.1 Å². The quantitative estimate of drug-likeness (QED) is 0.295. The fourth-order valence-corrected chi connectivity index (χ4v) is 5.13. The lowest BCUT2D eigenvalue weighted by Crippen LogP contribution is -2.29. The van der Waals surface area contributed by atoms with Gasteiger partial charge in [-0.15, -0.1) is 0 Å². The van der Waals surface area contributed by atoms with Crippen molar-refractivity contribution < 1.29 is 4.74 Å². The minimum absolute atomic E-state index is 0.292. The van der Waals surface area contributed by atoms with Crippen LogP contribution in [-0.2, 0) is 4.74 Å². The Labute approximate surface area is 247 Å². The molecule has 1 aliphatic carbocycles. The highest BCUT2D eigenvalue weighted by atomic mass is 16.5. The first-order valence-corrected chi connectivity index (χ1v) is 15.0. The van der Waals surface area contributed by atoms with Crippen molar-refractivity contribution >= 4 is 29.2 Å². The van der Waals surface area contributed by atoms with Gasteiger partial charge in [0.05, 0.1) is 18.3 Å². The first kappa shape index (κ1) is 29.9. The van der Waals surface area contributed by atoms with Crippen LogP contribution in [0.2, 0.25) is 0 Å². The van der Waals surface area contributed by atoms with Crippen LogP contribution in [0.3, 0.4) is 0 Å². The van der Waals surface area contributed by atoms with Gasteiger partial charge in [0.1, 0.15) is 5.76 Å². The molecular formula is C37H45N3O. The normalized spacial score (nSPS) is 17.9. The van der Waals surface area contributed by atoms with Gasteiger partial charge in [0, 0.05) is 17.9 Å². The summed E-state index contributed by atoms with van der Waals surface area (Å²) in [5.74, 6) is 0.913. The van der Waals surface area contributed by atoms with Gasteiger partial charge >= 0.3 is 0 Å². The van der Waals surface area contributed by atoms with Crippen LogP contribution in [0.4, 0.5) is 17.1 Å². The molecule has 0 amide bonds. The third kappa shape index (κ3) is 7.79. The van der Waals surface area contributed by atoms with Crippen LogP contribution < -0.4 is 4.90 Å². The number of likely N-dealkylation sites (N-methyl/N-ethyl adjacent to an activating group) is 1. The lowest BCUT2D eigenvalue weighted by atomic mass is 10.0. The highest BCUT2D eigenvalue weighted by Crippen LogP contribution is 2.32. The van der Waals surface area contributed by atoms with E-state index in [1.165, 1.54) is 40.9 Å². The molecule has 0 saturated carbocycles. The van der Waals surface area contributed by atoms with E-state index in [4.69, 9.17) is 9.73 Å². The van der Waals surface area contributed by atoms with Gasteiger partial charge in [-0.3, -0.25) is 0 Å². The molecule has 0 radical (unpaired) electrons. The van der Waals surface area contributed by atoms with Crippen molar-refractivity contribution in [1.29, 1.82) is 0 Å². The third-order valence-electron chi connectivity index (χ3n) is 7.39. The zero-order valence-electron chi connectivity index (χ0n) is 25.6. The largest absolute Gasteiger partial charge is 0.428 e. The molecule has 4 nitrogen and oxygen atoms in total. The maximum absolute atomic E-state index is 6.27. The molecule has 1 unspecified atom stereocenters. The van der Waals surface area contributed by atoms with Crippen molar-refractivity contribution in [1.82, 2.24) is 4.90 Å². The Hall–Kier alpha value is -4.05. The molecule has 2 aliphatic rings. The molecule has 4 heteroatoms. The number of para-hydroxylation sites is 1. The van der Waals surface area contributed by atoms with E-state index in [0.717, 1.165) is 36.5 Å². The SMILES string of the molecule is CCCC.CCN1C/C(=C\c2ccc(N(c3ccccc3)C3C=CC=CC3)cc2)OC1=Nc1c(C)cc(C)cc1C. The maximum atomic E-state index is 6.27. The van der Waals surface area contributed by atoms with Gasteiger partial charge in [-0.25, -0.2) is 0 Å². The molecule has 0 aromatic heterocycles. The molecule has 1 saturated heterocycles. The number of hydrogen-bond donors (Lipinski definition) is 0. The number of anilines is 2. The van der Waals surface area contributed by atoms with E-state index < -0.39 is 0 Å². The Kier molecular flexibility index (Phi) is 10.6. The smallest absolute Gasteiger partial charge is 0.298 e. The summed E-state index contributed by atoms with van der Waals surface area (Å²) in [6.45, 7) is 14.4. The number of rotatable bonds is 7. The second-order valence-electron chi connectivity index (χ2n) is 10.8. The highest BCUT2D eigenvalue weighted by molar-refractivity contribution is 5.83. The van der Waals surface area contributed by atoms with Crippen LogP contribution in [-0.4, -0.2) is 30.1 Å². The standard InChI is InChI=1S/C33H35N3O.C4H10/c1-5-35-23-31(37-33(35)34-32-25(3)20-24(2)21-26(32)4)22-27-16-18-30(19-17-27)36(28-12-8-6-9-13-28)29-14-10-7-11-15-29;1-3-4-2/h6-14,16-22,29H,5,15,23H2,1-4H3;3-4H2,1-2H3/b31-22+,34-33?;. The van der Waals surface area contributed by atoms with Gasteiger partial charge < -0.3 is 14.5 Å². The Balaban J connectivity index is 0.000000909. The van der Waals surface area contributed by atoms with E-state index in [1.807, 2.05) is 0 Å². The molecule has 0 spiro atoms. The zero-order chi connectivity index (χ0) is 29.2. The van der Waals surface area contributed by atoms with Gasteiger partial charge in [0.2, 0.25) is 0 Å². The minimum Gasteiger partial charge on any atom is -0.428 e. The van der Waals surface area contributed by atoms with Crippen LogP contribution in [0.15, 0.2) is 102 Å². The predicted octanol–water partition coefficient (Wildman–Crippen LogP) is 9.82. The topological polar surface area (TPSA) is 28.1 Å². The first-order chi connectivity index (χ1) is 19.9. The van der Waals surface area contributed by atoms with Gasteiger partial charge in [0.15, 0.2) is 0 Å². The van der Waals surface area contributed by atoms with Crippen molar-refractivity contribution in [3.63, 3.8) is 0 Å². The number of benzene rings is 3. The molecule has 3 aromatic carbocycles. The monoisotopic (exact) mass is 547 g/mol. The van der Waals surface area contributed by atoms with Gasteiger partial charge in [-0.05, 0) is 81.1 Å². The number of allylic oxidation sites excluding steroid dienone is 2. The summed E-state index contributed by atoms with van der Waals surface area (Å²) in [6.07, 6.45) is 14.5. The van der Waals surface area contributed by atoms with Gasteiger partial charge in [-0.2, -0.15) is 4.99 Å². The molecule has 214 valence electrons. The Morgan fingerprint density at radius 1 is 0.878 bits per heavy atom. The van der Waals surface area contributed by atoms with E-state index in [2.05, 4.69) is 148 Å². The van der Waals surface area contributed by atoms with Crippen LogP contribution in [0.25, 0.3) is 6.08 Å². The van der Waals surface area contributed by atoms with Gasteiger partial charge in [-0.1, -0.05) is 99.0 Å². The number of aliphatic imine (C=N–C) groups is 1. The summed E-state index contributed by atoms with van der Waals surface area (Å²) in [5.41, 5.74) is 8.08. The van der Waals surface area contributed by atoms with Crippen LogP contribution in [0, 0.1) is 20.8 Å². The molecule has 1 fully saturated rings. The fourth-order valence-electron chi connectivity index (χ4n) is 5.13. The first-order valence-electron chi connectivity index (χ1n) is 15.0. The van der Waals surface area contributed by atoms with E-state index in [9.17, 15) is 0 Å². The van der Waals surface area contributed by atoms with Gasteiger partial charge in [0.25, 0.3) is 6.02 Å². The number of amidine groups is 1. The third-order valence-corrected chi connectivity index (χ3v) is 7.39. The summed E-state index contributed by atoms with van der Waals surface area (Å²) in [5, 5.41) is 0.